The van der Waals surface area contributed by atoms with Gasteiger partial charge in [0.1, 0.15) is 0 Å². The van der Waals surface area contributed by atoms with Crippen LogP contribution in [0, 0.1) is 5.92 Å². The highest BCUT2D eigenvalue weighted by molar-refractivity contribution is 5.43. The maximum atomic E-state index is 3.81. The molecule has 3 rings (SSSR count). The van der Waals surface area contributed by atoms with E-state index in [1.54, 1.807) is 16.7 Å². The highest BCUT2D eigenvalue weighted by Crippen LogP contribution is 2.49. The van der Waals surface area contributed by atoms with Gasteiger partial charge in [-0.15, -0.1) is 0 Å². The molecule has 0 bridgehead atoms. The summed E-state index contributed by atoms with van der Waals surface area (Å²) in [5.41, 5.74) is 4.88. The first-order valence-electron chi connectivity index (χ1n) is 6.75. The average Bonchev–Trinajstić information content (AvgIpc) is 2.64. The third-order valence-corrected chi connectivity index (χ3v) is 4.46. The number of hydrogen-bond donors (Lipinski definition) is 1. The second-order valence-electron chi connectivity index (χ2n) is 5.52. The minimum absolute atomic E-state index is 0.226. The summed E-state index contributed by atoms with van der Waals surface area (Å²) in [5.74, 6) is 0.753. The molecule has 2 unspecified atom stereocenters. The molecule has 2 aliphatic rings. The molecule has 2 atom stereocenters. The zero-order chi connectivity index (χ0) is 11.9. The molecule has 0 aromatic heterocycles. The highest BCUT2D eigenvalue weighted by Gasteiger charge is 2.46. The van der Waals surface area contributed by atoms with Gasteiger partial charge in [-0.05, 0) is 49.8 Å². The summed E-state index contributed by atoms with van der Waals surface area (Å²) < 4.78 is 0. The molecule has 0 saturated heterocycles. The molecule has 0 fully saturated rings. The van der Waals surface area contributed by atoms with E-state index in [0.717, 1.165) is 12.5 Å². The fourth-order valence-electron chi connectivity index (χ4n) is 3.79. The molecule has 0 heterocycles. The Labute approximate surface area is 104 Å². The first-order chi connectivity index (χ1) is 8.26. The lowest BCUT2D eigenvalue weighted by atomic mass is 9.73. The lowest BCUT2D eigenvalue weighted by Gasteiger charge is -2.40. The van der Waals surface area contributed by atoms with Crippen LogP contribution in [0.5, 0.6) is 0 Å². The van der Waals surface area contributed by atoms with Crippen LogP contribution in [0.3, 0.4) is 0 Å². The van der Waals surface area contributed by atoms with Crippen molar-refractivity contribution in [1.29, 1.82) is 0 Å². The zero-order valence-electron chi connectivity index (χ0n) is 10.8. The number of allylic oxidation sites excluding steroid dienone is 1. The predicted octanol–water partition coefficient (Wildman–Crippen LogP) is 3.40. The number of fused-ring (bicyclic) bond motifs is 3. The van der Waals surface area contributed by atoms with E-state index in [-0.39, 0.29) is 5.54 Å². The molecule has 1 heteroatoms. The van der Waals surface area contributed by atoms with Crippen molar-refractivity contribution in [3.63, 3.8) is 0 Å². The minimum atomic E-state index is 0.226. The summed E-state index contributed by atoms with van der Waals surface area (Å²) in [4.78, 5) is 0. The summed E-state index contributed by atoms with van der Waals surface area (Å²) in [6, 6.07) is 9.00. The Bertz CT molecular complexity index is 460. The van der Waals surface area contributed by atoms with E-state index in [1.807, 2.05) is 0 Å². The molecule has 1 aromatic rings. The maximum absolute atomic E-state index is 3.81. The number of hydrogen-bond acceptors (Lipinski definition) is 1. The van der Waals surface area contributed by atoms with Crippen molar-refractivity contribution < 1.29 is 0 Å². The Kier molecular flexibility index (Phi) is 2.59. The summed E-state index contributed by atoms with van der Waals surface area (Å²) in [6.45, 7) is 5.55. The molecule has 0 aliphatic heterocycles. The SMILES string of the molecule is CCNC12CC(C)=CCC1Cc1ccccc12. The van der Waals surface area contributed by atoms with Gasteiger partial charge in [-0.1, -0.05) is 42.8 Å². The van der Waals surface area contributed by atoms with Crippen molar-refractivity contribution in [3.05, 3.63) is 47.0 Å². The number of rotatable bonds is 2. The van der Waals surface area contributed by atoms with E-state index < -0.39 is 0 Å². The van der Waals surface area contributed by atoms with Crippen molar-refractivity contribution in [2.45, 2.75) is 38.6 Å². The van der Waals surface area contributed by atoms with Crippen molar-refractivity contribution in [2.75, 3.05) is 6.54 Å². The van der Waals surface area contributed by atoms with Crippen LogP contribution in [-0.2, 0) is 12.0 Å². The van der Waals surface area contributed by atoms with Crippen molar-refractivity contribution in [1.82, 2.24) is 5.32 Å². The highest BCUT2D eigenvalue weighted by atomic mass is 15.0. The van der Waals surface area contributed by atoms with Crippen LogP contribution in [-0.4, -0.2) is 6.54 Å². The summed E-state index contributed by atoms with van der Waals surface area (Å²) in [6.07, 6.45) is 6.09. The molecular formula is C16H21N. The molecule has 0 saturated carbocycles. The first-order valence-corrected chi connectivity index (χ1v) is 6.75. The smallest absolute Gasteiger partial charge is 0.0509 e. The largest absolute Gasteiger partial charge is 0.307 e. The van der Waals surface area contributed by atoms with Crippen LogP contribution in [0.4, 0.5) is 0 Å². The monoisotopic (exact) mass is 227 g/mol. The van der Waals surface area contributed by atoms with E-state index >= 15 is 0 Å². The first kappa shape index (κ1) is 11.0. The average molecular weight is 227 g/mol. The van der Waals surface area contributed by atoms with Gasteiger partial charge in [-0.25, -0.2) is 0 Å². The predicted molar refractivity (Wildman–Crippen MR) is 72.0 cm³/mol. The third-order valence-electron chi connectivity index (χ3n) is 4.46. The van der Waals surface area contributed by atoms with Gasteiger partial charge in [0.25, 0.3) is 0 Å². The number of nitrogens with one attached hydrogen (secondary N) is 1. The lowest BCUT2D eigenvalue weighted by molar-refractivity contribution is 0.221. The van der Waals surface area contributed by atoms with Crippen molar-refractivity contribution in [3.8, 4) is 0 Å². The van der Waals surface area contributed by atoms with Crippen LogP contribution in [0.1, 0.15) is 37.8 Å². The number of benzene rings is 1. The van der Waals surface area contributed by atoms with E-state index in [2.05, 4.69) is 49.5 Å². The Morgan fingerprint density at radius 2 is 2.18 bits per heavy atom. The molecule has 1 N–H and O–H groups in total. The minimum Gasteiger partial charge on any atom is -0.307 e. The third kappa shape index (κ3) is 1.56. The Balaban J connectivity index is 2.10. The topological polar surface area (TPSA) is 12.0 Å². The molecule has 17 heavy (non-hydrogen) atoms. The molecule has 90 valence electrons. The second kappa shape index (κ2) is 3.99. The second-order valence-corrected chi connectivity index (χ2v) is 5.52. The van der Waals surface area contributed by atoms with E-state index in [9.17, 15) is 0 Å². The Morgan fingerprint density at radius 1 is 1.35 bits per heavy atom. The standard InChI is InChI=1S/C16H21N/c1-3-17-16-11-12(2)8-9-14(16)10-13-6-4-5-7-15(13)16/h4-8,14,17H,3,9-11H2,1-2H3. The van der Waals surface area contributed by atoms with E-state index in [1.165, 1.54) is 19.3 Å². The van der Waals surface area contributed by atoms with Gasteiger partial charge >= 0.3 is 0 Å². The molecule has 1 aromatic carbocycles. The normalized spacial score (nSPS) is 30.7. The quantitative estimate of drug-likeness (QED) is 0.764. The van der Waals surface area contributed by atoms with Gasteiger partial charge in [0.15, 0.2) is 0 Å². The van der Waals surface area contributed by atoms with E-state index in [4.69, 9.17) is 0 Å². The molecule has 1 nitrogen and oxygen atoms in total. The maximum Gasteiger partial charge on any atom is 0.0509 e. The van der Waals surface area contributed by atoms with E-state index in [0.29, 0.717) is 0 Å². The zero-order valence-corrected chi connectivity index (χ0v) is 10.8. The van der Waals surface area contributed by atoms with Crippen molar-refractivity contribution >= 4 is 0 Å². The lowest BCUT2D eigenvalue weighted by Crippen LogP contribution is -2.47. The fourth-order valence-corrected chi connectivity index (χ4v) is 3.79. The van der Waals surface area contributed by atoms with Gasteiger partial charge in [-0.3, -0.25) is 0 Å². The van der Waals surface area contributed by atoms with Crippen LogP contribution in [0.2, 0.25) is 0 Å². The van der Waals surface area contributed by atoms with Gasteiger partial charge in [0.2, 0.25) is 0 Å². The van der Waals surface area contributed by atoms with Gasteiger partial charge in [0.05, 0.1) is 5.54 Å². The van der Waals surface area contributed by atoms with Crippen LogP contribution >= 0.6 is 0 Å². The van der Waals surface area contributed by atoms with Gasteiger partial charge in [-0.2, -0.15) is 0 Å². The Morgan fingerprint density at radius 3 is 3.00 bits per heavy atom. The summed E-state index contributed by atoms with van der Waals surface area (Å²) in [7, 11) is 0. The molecular weight excluding hydrogens is 206 g/mol. The Hall–Kier alpha value is -1.08. The molecule has 0 amide bonds. The van der Waals surface area contributed by atoms with Gasteiger partial charge in [0, 0.05) is 0 Å². The molecule has 0 radical (unpaired) electrons. The molecule has 0 spiro atoms. The summed E-state index contributed by atoms with van der Waals surface area (Å²) >= 11 is 0. The van der Waals surface area contributed by atoms with Crippen LogP contribution in [0.15, 0.2) is 35.9 Å². The molecule has 2 aliphatic carbocycles. The van der Waals surface area contributed by atoms with Crippen LogP contribution < -0.4 is 5.32 Å². The fraction of sp³-hybridized carbons (Fsp3) is 0.500. The summed E-state index contributed by atoms with van der Waals surface area (Å²) in [5, 5.41) is 3.81. The van der Waals surface area contributed by atoms with Crippen LogP contribution in [0.25, 0.3) is 0 Å². The van der Waals surface area contributed by atoms with Gasteiger partial charge < -0.3 is 5.32 Å². The van der Waals surface area contributed by atoms with Crippen molar-refractivity contribution in [2.24, 2.45) is 5.92 Å².